The molecule has 0 amide bonds. The van der Waals surface area contributed by atoms with Crippen molar-refractivity contribution in [1.82, 2.24) is 0 Å². The molecule has 0 aliphatic rings. The summed E-state index contributed by atoms with van der Waals surface area (Å²) in [6, 6.07) is 0. The topological polar surface area (TPSA) is 26.3 Å². The van der Waals surface area contributed by atoms with Gasteiger partial charge in [-0.1, -0.05) is 12.7 Å². The maximum Gasteiger partial charge on any atom is 0.329 e. The molecule has 64 valence electrons. The van der Waals surface area contributed by atoms with E-state index in [1.165, 1.54) is 7.11 Å². The second-order valence-corrected chi connectivity index (χ2v) is 1.14. The van der Waals surface area contributed by atoms with E-state index in [0.29, 0.717) is 0 Å². The molecule has 0 spiro atoms. The van der Waals surface area contributed by atoms with E-state index in [9.17, 15) is 4.79 Å². The lowest BCUT2D eigenvalue weighted by atomic mass is 10.7. The first kappa shape index (κ1) is 16.3. The Balaban J connectivity index is -0.000000109. The van der Waals surface area contributed by atoms with Crippen molar-refractivity contribution in [3.05, 3.63) is 38.5 Å². The fourth-order valence-corrected chi connectivity index (χ4v) is 0.0833. The number of methoxy groups -OCH3 is 1. The zero-order chi connectivity index (χ0) is 9.70. The van der Waals surface area contributed by atoms with Crippen molar-refractivity contribution in [3.63, 3.8) is 0 Å². The summed E-state index contributed by atoms with van der Waals surface area (Å²) in [5.74, 6) is -0.394. The molecule has 11 heavy (non-hydrogen) atoms. The average Bonchev–Trinajstić information content (AvgIpc) is 2.08. The molecule has 0 aliphatic heterocycles. The molecule has 0 aliphatic carbocycles. The maximum absolute atomic E-state index is 9.84. The third-order valence-corrected chi connectivity index (χ3v) is 0.368. The zero-order valence-corrected chi connectivity index (χ0v) is 7.30. The van der Waals surface area contributed by atoms with Gasteiger partial charge in [0.1, 0.15) is 0 Å². The fourth-order valence-electron chi connectivity index (χ4n) is 0.0833. The summed E-state index contributed by atoms with van der Waals surface area (Å²) >= 11 is 0. The van der Waals surface area contributed by atoms with Crippen LogP contribution >= 0.6 is 0 Å². The molecular weight excluding hydrogens is 140 g/mol. The van der Waals surface area contributed by atoms with E-state index >= 15 is 0 Å². The zero-order valence-electron chi connectivity index (χ0n) is 7.30. The highest BCUT2D eigenvalue weighted by Crippen LogP contribution is 1.67. The van der Waals surface area contributed by atoms with Crippen LogP contribution in [0.3, 0.4) is 0 Å². The van der Waals surface area contributed by atoms with Gasteiger partial charge < -0.3 is 4.74 Å². The van der Waals surface area contributed by atoms with E-state index in [1.54, 1.807) is 6.08 Å². The molecule has 0 saturated heterocycles. The van der Waals surface area contributed by atoms with Crippen LogP contribution in [0.4, 0.5) is 0 Å². The SMILES string of the molecule is C=C.C=CC.C=CC(=O)OC. The Kier molecular flexibility index (Phi) is 34.7. The highest BCUT2D eigenvalue weighted by atomic mass is 16.5. The normalized spacial score (nSPS) is 5.27. The van der Waals surface area contributed by atoms with Crippen LogP contribution in [-0.4, -0.2) is 13.1 Å². The smallest absolute Gasteiger partial charge is 0.329 e. The Labute approximate surface area is 68.9 Å². The van der Waals surface area contributed by atoms with Crippen LogP contribution < -0.4 is 0 Å². The molecule has 0 saturated carbocycles. The van der Waals surface area contributed by atoms with Gasteiger partial charge >= 0.3 is 5.97 Å². The summed E-state index contributed by atoms with van der Waals surface area (Å²) in [6.07, 6.45) is 2.86. The van der Waals surface area contributed by atoms with Gasteiger partial charge in [0.25, 0.3) is 0 Å². The van der Waals surface area contributed by atoms with E-state index in [2.05, 4.69) is 31.1 Å². The van der Waals surface area contributed by atoms with Crippen LogP contribution in [0.2, 0.25) is 0 Å². The van der Waals surface area contributed by atoms with Gasteiger partial charge in [-0.15, -0.1) is 19.7 Å². The van der Waals surface area contributed by atoms with Crippen LogP contribution in [-0.2, 0) is 9.53 Å². The molecule has 0 atom stereocenters. The third-order valence-electron chi connectivity index (χ3n) is 0.368. The minimum Gasteiger partial charge on any atom is -0.466 e. The van der Waals surface area contributed by atoms with E-state index in [4.69, 9.17) is 0 Å². The van der Waals surface area contributed by atoms with Gasteiger partial charge in [-0.3, -0.25) is 0 Å². The molecule has 0 bridgehead atoms. The monoisotopic (exact) mass is 156 g/mol. The van der Waals surface area contributed by atoms with Gasteiger partial charge in [0, 0.05) is 6.08 Å². The molecule has 0 aromatic rings. The molecule has 0 fully saturated rings. The first-order valence-corrected chi connectivity index (χ1v) is 3.00. The lowest BCUT2D eigenvalue weighted by Crippen LogP contribution is -1.91. The van der Waals surface area contributed by atoms with E-state index in [-0.39, 0.29) is 0 Å². The average molecular weight is 156 g/mol. The molecule has 0 N–H and O–H groups in total. The van der Waals surface area contributed by atoms with Crippen molar-refractivity contribution in [1.29, 1.82) is 0 Å². The summed E-state index contributed by atoms with van der Waals surface area (Å²) < 4.78 is 4.14. The van der Waals surface area contributed by atoms with Gasteiger partial charge in [-0.25, -0.2) is 4.79 Å². The number of allylic oxidation sites excluding steroid dienone is 1. The van der Waals surface area contributed by atoms with E-state index < -0.39 is 5.97 Å². The second-order valence-electron chi connectivity index (χ2n) is 1.14. The summed E-state index contributed by atoms with van der Waals surface area (Å²) in [6.45, 7) is 14.4. The lowest BCUT2D eigenvalue weighted by molar-refractivity contribution is -0.134. The molecule has 0 rings (SSSR count). The van der Waals surface area contributed by atoms with Gasteiger partial charge in [-0.05, 0) is 6.92 Å². The molecule has 0 radical (unpaired) electrons. The summed E-state index contributed by atoms with van der Waals surface area (Å²) in [4.78, 5) is 9.84. The van der Waals surface area contributed by atoms with Crippen molar-refractivity contribution in [2.75, 3.05) is 7.11 Å². The highest BCUT2D eigenvalue weighted by molar-refractivity contribution is 5.80. The number of carbonyl (C=O) groups is 1. The minimum absolute atomic E-state index is 0.394. The van der Waals surface area contributed by atoms with Crippen molar-refractivity contribution in [3.8, 4) is 0 Å². The van der Waals surface area contributed by atoms with Crippen molar-refractivity contribution in [2.24, 2.45) is 0 Å². The van der Waals surface area contributed by atoms with Crippen molar-refractivity contribution >= 4 is 5.97 Å². The number of hydrogen-bond acceptors (Lipinski definition) is 2. The largest absolute Gasteiger partial charge is 0.466 e. The molecular formula is C9H16O2. The molecule has 2 nitrogen and oxygen atoms in total. The minimum atomic E-state index is -0.394. The first-order chi connectivity index (χ1) is 5.22. The van der Waals surface area contributed by atoms with Gasteiger partial charge in [0.15, 0.2) is 0 Å². The summed E-state index contributed by atoms with van der Waals surface area (Å²) in [5, 5.41) is 0. The van der Waals surface area contributed by atoms with Crippen molar-refractivity contribution in [2.45, 2.75) is 6.92 Å². The Morgan fingerprint density at radius 3 is 1.64 bits per heavy atom. The first-order valence-electron chi connectivity index (χ1n) is 3.00. The Hall–Kier alpha value is -1.31. The second kappa shape index (κ2) is 23.4. The Morgan fingerprint density at radius 1 is 1.36 bits per heavy atom. The number of carbonyl (C=O) groups excluding carboxylic acids is 1. The van der Waals surface area contributed by atoms with Crippen LogP contribution in [0.25, 0.3) is 0 Å². The molecule has 0 heterocycles. The predicted octanol–water partition coefficient (Wildman–Crippen LogP) is 2.34. The fraction of sp³-hybridized carbons (Fsp3) is 0.222. The lowest BCUT2D eigenvalue weighted by Gasteiger charge is -1.83. The molecule has 0 unspecified atom stereocenters. The molecule has 2 heteroatoms. The number of ether oxygens (including phenoxy) is 1. The van der Waals surface area contributed by atoms with Crippen molar-refractivity contribution < 1.29 is 9.53 Å². The summed E-state index contributed by atoms with van der Waals surface area (Å²) in [5.41, 5.74) is 0. The molecule has 0 aromatic heterocycles. The Bertz CT molecular complexity index is 106. The van der Waals surface area contributed by atoms with Gasteiger partial charge in [0.2, 0.25) is 0 Å². The third kappa shape index (κ3) is 53.7. The van der Waals surface area contributed by atoms with E-state index in [0.717, 1.165) is 6.08 Å². The van der Waals surface area contributed by atoms with Gasteiger partial charge in [-0.2, -0.15) is 0 Å². The van der Waals surface area contributed by atoms with Crippen LogP contribution in [0, 0.1) is 0 Å². The standard InChI is InChI=1S/C4H6O2.C3H6.C2H4/c1-3-4(5)6-2;1-3-2;1-2/h3H,1H2,2H3;3H,1H2,2H3;1-2H2. The van der Waals surface area contributed by atoms with Crippen LogP contribution in [0.15, 0.2) is 38.5 Å². The van der Waals surface area contributed by atoms with E-state index in [1.807, 2.05) is 6.92 Å². The quantitative estimate of drug-likeness (QED) is 0.331. The highest BCUT2D eigenvalue weighted by Gasteiger charge is 1.81. The number of rotatable bonds is 1. The molecule has 0 aromatic carbocycles. The van der Waals surface area contributed by atoms with Crippen LogP contribution in [0.1, 0.15) is 6.92 Å². The van der Waals surface area contributed by atoms with Gasteiger partial charge in [0.05, 0.1) is 7.11 Å². The number of hydrogen-bond donors (Lipinski definition) is 0. The number of esters is 1. The van der Waals surface area contributed by atoms with Crippen LogP contribution in [0.5, 0.6) is 0 Å². The maximum atomic E-state index is 9.84. The Morgan fingerprint density at radius 2 is 1.64 bits per heavy atom. The predicted molar refractivity (Wildman–Crippen MR) is 49.3 cm³/mol. The summed E-state index contributed by atoms with van der Waals surface area (Å²) in [7, 11) is 1.31.